The molecule has 1 N–H and O–H groups in total. The summed E-state index contributed by atoms with van der Waals surface area (Å²) in [5.41, 5.74) is 5.28. The number of aryl methyl sites for hydroxylation is 1. The van der Waals surface area contributed by atoms with Crippen molar-refractivity contribution in [3.8, 4) is 22.6 Å². The van der Waals surface area contributed by atoms with Crippen LogP contribution in [0.4, 0.5) is 15.8 Å². The van der Waals surface area contributed by atoms with Crippen molar-refractivity contribution in [3.05, 3.63) is 88.5 Å². The molecule has 0 unspecified atom stereocenters. The second kappa shape index (κ2) is 7.56. The summed E-state index contributed by atoms with van der Waals surface area (Å²) in [5.74, 6) is 1.13. The Balaban J connectivity index is 1.49. The minimum absolute atomic E-state index is 0.260. The molecule has 0 aliphatic carbocycles. The van der Waals surface area contributed by atoms with E-state index in [1.54, 1.807) is 18.3 Å². The van der Waals surface area contributed by atoms with Crippen LogP contribution in [-0.2, 0) is 0 Å². The summed E-state index contributed by atoms with van der Waals surface area (Å²) in [4.78, 5) is 8.97. The number of benzene rings is 2. The van der Waals surface area contributed by atoms with Crippen molar-refractivity contribution in [3.63, 3.8) is 0 Å². The number of hydrogen-bond donors (Lipinski definition) is 1. The zero-order valence-electron chi connectivity index (χ0n) is 15.9. The van der Waals surface area contributed by atoms with Crippen molar-refractivity contribution in [1.29, 1.82) is 0 Å². The lowest BCUT2D eigenvalue weighted by molar-refractivity contribution is 0.534. The molecule has 2 aromatic carbocycles. The van der Waals surface area contributed by atoms with Crippen molar-refractivity contribution >= 4 is 39.6 Å². The maximum absolute atomic E-state index is 13.3. The molecule has 148 valence electrons. The zero-order valence-corrected chi connectivity index (χ0v) is 18.1. The van der Waals surface area contributed by atoms with Crippen molar-refractivity contribution in [2.24, 2.45) is 0 Å². The van der Waals surface area contributed by atoms with Gasteiger partial charge in [0.1, 0.15) is 15.2 Å². The first-order chi connectivity index (χ1) is 14.6. The molecule has 30 heavy (non-hydrogen) atoms. The summed E-state index contributed by atoms with van der Waals surface area (Å²) < 4.78 is 21.9. The molecule has 0 bridgehead atoms. The predicted molar refractivity (Wildman–Crippen MR) is 123 cm³/mol. The number of fused-ring (bicyclic) bond motifs is 1. The Labute approximate surface area is 185 Å². The molecular formula is C23H16FIN4O. The average molecular weight is 510 g/mol. The van der Waals surface area contributed by atoms with E-state index in [9.17, 15) is 4.39 Å². The summed E-state index contributed by atoms with van der Waals surface area (Å²) in [6.07, 6.45) is 3.69. The van der Waals surface area contributed by atoms with E-state index in [2.05, 4.69) is 32.9 Å². The Hall–Kier alpha value is -3.20. The van der Waals surface area contributed by atoms with Gasteiger partial charge in [-0.05, 0) is 83.3 Å². The molecule has 0 saturated carbocycles. The van der Waals surface area contributed by atoms with Crippen LogP contribution in [0.2, 0.25) is 0 Å². The normalized spacial score (nSPS) is 11.2. The van der Waals surface area contributed by atoms with Crippen molar-refractivity contribution < 1.29 is 8.81 Å². The monoisotopic (exact) mass is 510 g/mol. The third-order valence-electron chi connectivity index (χ3n) is 4.78. The largest absolute Gasteiger partial charge is 0.441 e. The van der Waals surface area contributed by atoms with Gasteiger partial charge in [0, 0.05) is 29.9 Å². The van der Waals surface area contributed by atoms with Gasteiger partial charge in [-0.1, -0.05) is 0 Å². The van der Waals surface area contributed by atoms with Gasteiger partial charge in [-0.15, -0.1) is 0 Å². The van der Waals surface area contributed by atoms with Crippen LogP contribution in [0.15, 0.2) is 77.5 Å². The molecule has 0 atom stereocenters. The zero-order chi connectivity index (χ0) is 20.7. The van der Waals surface area contributed by atoms with Gasteiger partial charge in [0.25, 0.3) is 0 Å². The highest BCUT2D eigenvalue weighted by Gasteiger charge is 2.14. The number of nitrogens with zero attached hydrogens (tertiary/aromatic N) is 3. The second-order valence-corrected chi connectivity index (χ2v) is 7.84. The average Bonchev–Trinajstić information content (AvgIpc) is 3.34. The molecule has 0 aliphatic rings. The number of oxazole rings is 1. The lowest BCUT2D eigenvalue weighted by Gasteiger charge is -2.08. The molecule has 5 nitrogen and oxygen atoms in total. The fourth-order valence-corrected chi connectivity index (χ4v) is 4.12. The minimum atomic E-state index is -0.260. The molecule has 0 spiro atoms. The van der Waals surface area contributed by atoms with E-state index in [1.165, 1.54) is 12.1 Å². The molecule has 5 rings (SSSR count). The van der Waals surface area contributed by atoms with Gasteiger partial charge < -0.3 is 9.73 Å². The molecule has 0 saturated heterocycles. The van der Waals surface area contributed by atoms with Gasteiger partial charge in [-0.25, -0.2) is 14.4 Å². The smallest absolute Gasteiger partial charge is 0.191 e. The summed E-state index contributed by atoms with van der Waals surface area (Å²) in [7, 11) is 0. The topological polar surface area (TPSA) is 55.4 Å². The fraction of sp³-hybridized carbons (Fsp3) is 0.0435. The molecule has 5 aromatic rings. The van der Waals surface area contributed by atoms with E-state index in [-0.39, 0.29) is 5.82 Å². The van der Waals surface area contributed by atoms with Gasteiger partial charge in [-0.2, -0.15) is 0 Å². The summed E-state index contributed by atoms with van der Waals surface area (Å²) in [6, 6.07) is 18.3. The van der Waals surface area contributed by atoms with Crippen LogP contribution in [0.25, 0.3) is 28.2 Å². The van der Waals surface area contributed by atoms with E-state index in [1.807, 2.05) is 53.9 Å². The third-order valence-corrected chi connectivity index (χ3v) is 5.81. The Bertz CT molecular complexity index is 1340. The van der Waals surface area contributed by atoms with E-state index >= 15 is 0 Å². The molecule has 3 aromatic heterocycles. The van der Waals surface area contributed by atoms with Crippen LogP contribution in [0.5, 0.6) is 0 Å². The Morgan fingerprint density at radius 2 is 1.73 bits per heavy atom. The van der Waals surface area contributed by atoms with Crippen LogP contribution >= 0.6 is 22.6 Å². The van der Waals surface area contributed by atoms with Crippen LogP contribution in [0.1, 0.15) is 5.89 Å². The highest BCUT2D eigenvalue weighted by molar-refractivity contribution is 14.1. The second-order valence-electron chi connectivity index (χ2n) is 6.82. The number of hydrogen-bond acceptors (Lipinski definition) is 4. The Morgan fingerprint density at radius 1 is 1.00 bits per heavy atom. The summed E-state index contributed by atoms with van der Waals surface area (Å²) in [6.45, 7) is 1.83. The van der Waals surface area contributed by atoms with E-state index in [4.69, 9.17) is 9.40 Å². The van der Waals surface area contributed by atoms with Crippen LogP contribution in [-0.4, -0.2) is 14.4 Å². The summed E-state index contributed by atoms with van der Waals surface area (Å²) in [5, 5.41) is 3.44. The fourth-order valence-electron chi connectivity index (χ4n) is 3.30. The van der Waals surface area contributed by atoms with Crippen LogP contribution in [0, 0.1) is 16.4 Å². The van der Waals surface area contributed by atoms with Crippen molar-refractivity contribution in [1.82, 2.24) is 14.4 Å². The number of aromatic nitrogens is 3. The van der Waals surface area contributed by atoms with Gasteiger partial charge in [0.15, 0.2) is 17.3 Å². The summed E-state index contributed by atoms with van der Waals surface area (Å²) >= 11 is 2.27. The number of nitrogens with one attached hydrogen (secondary N) is 1. The van der Waals surface area contributed by atoms with Crippen LogP contribution in [0.3, 0.4) is 0 Å². The molecular weight excluding hydrogens is 494 g/mol. The lowest BCUT2D eigenvalue weighted by atomic mass is 10.1. The quantitative estimate of drug-likeness (QED) is 0.283. The Kier molecular flexibility index (Phi) is 4.74. The van der Waals surface area contributed by atoms with Crippen LogP contribution < -0.4 is 5.32 Å². The van der Waals surface area contributed by atoms with Gasteiger partial charge in [0.2, 0.25) is 0 Å². The van der Waals surface area contributed by atoms with Gasteiger partial charge in [0.05, 0.1) is 11.9 Å². The van der Waals surface area contributed by atoms with E-state index in [0.29, 0.717) is 5.89 Å². The maximum Gasteiger partial charge on any atom is 0.191 e. The predicted octanol–water partition coefficient (Wildman–Crippen LogP) is 6.45. The highest BCUT2D eigenvalue weighted by atomic mass is 127. The molecule has 0 amide bonds. The first-order valence-corrected chi connectivity index (χ1v) is 10.4. The SMILES string of the molecule is Cc1ncc(-c2ccc(Nc3cccn4c(I)c(-c5ccc(F)cc5)nc34)cc2)o1. The molecule has 0 aliphatic heterocycles. The van der Waals surface area contributed by atoms with Gasteiger partial charge >= 0.3 is 0 Å². The number of imidazole rings is 1. The first kappa shape index (κ1) is 18.8. The van der Waals surface area contributed by atoms with Crippen molar-refractivity contribution in [2.75, 3.05) is 5.32 Å². The number of pyridine rings is 1. The molecule has 7 heteroatoms. The minimum Gasteiger partial charge on any atom is -0.441 e. The number of rotatable bonds is 4. The van der Waals surface area contributed by atoms with E-state index < -0.39 is 0 Å². The first-order valence-electron chi connectivity index (χ1n) is 9.31. The molecule has 0 fully saturated rings. The standard InChI is InChI=1S/C23H16FIN4O/c1-14-26-13-20(30-14)15-6-10-18(11-7-15)27-19-3-2-12-29-22(25)21(28-23(19)29)16-4-8-17(24)9-5-16/h2-13,27H,1H3. The number of halogens is 2. The third kappa shape index (κ3) is 3.45. The number of anilines is 2. The highest BCUT2D eigenvalue weighted by Crippen LogP contribution is 2.31. The molecule has 3 heterocycles. The molecule has 0 radical (unpaired) electrons. The van der Waals surface area contributed by atoms with E-state index in [0.717, 1.165) is 43.3 Å². The maximum atomic E-state index is 13.3. The van der Waals surface area contributed by atoms with Crippen molar-refractivity contribution in [2.45, 2.75) is 6.92 Å². The lowest BCUT2D eigenvalue weighted by Crippen LogP contribution is -1.95. The Morgan fingerprint density at radius 3 is 2.43 bits per heavy atom. The van der Waals surface area contributed by atoms with Gasteiger partial charge in [-0.3, -0.25) is 4.40 Å².